The van der Waals surface area contributed by atoms with Gasteiger partial charge in [-0.25, -0.2) is 0 Å². The van der Waals surface area contributed by atoms with Crippen molar-refractivity contribution in [1.82, 2.24) is 23.3 Å². The monoisotopic (exact) mass is 397 g/mol. The van der Waals surface area contributed by atoms with Crippen LogP contribution in [-0.4, -0.2) is 76.9 Å². The molecule has 2 aliphatic rings. The molecule has 0 radical (unpaired) electrons. The minimum Gasteiger partial charge on any atom is -0.338 e. The van der Waals surface area contributed by atoms with Gasteiger partial charge in [0.25, 0.3) is 10.2 Å². The summed E-state index contributed by atoms with van der Waals surface area (Å²) in [6.45, 7) is 8.66. The first-order valence-electron chi connectivity index (χ1n) is 9.91. The lowest BCUT2D eigenvalue weighted by molar-refractivity contribution is -0.136. The third-order valence-corrected chi connectivity index (χ3v) is 7.56. The van der Waals surface area contributed by atoms with Crippen LogP contribution in [0, 0.1) is 13.8 Å². The van der Waals surface area contributed by atoms with Gasteiger partial charge in [0, 0.05) is 45.0 Å². The van der Waals surface area contributed by atoms with E-state index in [9.17, 15) is 13.2 Å². The number of carbonyl (C=O) groups excluding carboxylic acids is 1. The number of carbonyl (C=O) groups is 1. The van der Waals surface area contributed by atoms with Gasteiger partial charge in [-0.05, 0) is 39.2 Å². The maximum absolute atomic E-state index is 13.0. The highest BCUT2D eigenvalue weighted by molar-refractivity contribution is 7.86. The lowest BCUT2D eigenvalue weighted by Gasteiger charge is -2.38. The Morgan fingerprint density at radius 3 is 2.15 bits per heavy atom. The fourth-order valence-corrected chi connectivity index (χ4v) is 5.69. The standard InChI is InChI=1S/C18H31N5O3S/c1-4-17(23-16(3)14-15(2)19-23)18(24)20-10-12-22(13-11-20)27(25,26)21-8-6-5-7-9-21/h14,17H,4-13H2,1-3H3. The number of aromatic nitrogens is 2. The van der Waals surface area contributed by atoms with E-state index in [1.54, 1.807) is 13.9 Å². The molecule has 3 rings (SSSR count). The summed E-state index contributed by atoms with van der Waals surface area (Å²) < 4.78 is 30.6. The highest BCUT2D eigenvalue weighted by Crippen LogP contribution is 2.21. The van der Waals surface area contributed by atoms with Gasteiger partial charge < -0.3 is 4.90 Å². The molecule has 2 aliphatic heterocycles. The average molecular weight is 398 g/mol. The molecule has 0 aromatic carbocycles. The van der Waals surface area contributed by atoms with E-state index in [-0.39, 0.29) is 11.9 Å². The molecule has 0 N–H and O–H groups in total. The van der Waals surface area contributed by atoms with Crippen LogP contribution in [0.3, 0.4) is 0 Å². The molecular weight excluding hydrogens is 366 g/mol. The Balaban J connectivity index is 1.64. The predicted molar refractivity (Wildman–Crippen MR) is 104 cm³/mol. The quantitative estimate of drug-likeness (QED) is 0.751. The smallest absolute Gasteiger partial charge is 0.282 e. The largest absolute Gasteiger partial charge is 0.338 e. The van der Waals surface area contributed by atoms with Gasteiger partial charge in [0.05, 0.1) is 5.69 Å². The number of nitrogens with zero attached hydrogens (tertiary/aromatic N) is 5. The van der Waals surface area contributed by atoms with Gasteiger partial charge in [-0.1, -0.05) is 13.3 Å². The minimum atomic E-state index is -3.40. The Bertz CT molecular complexity index is 762. The number of rotatable bonds is 5. The van der Waals surface area contributed by atoms with Gasteiger partial charge in [0.15, 0.2) is 0 Å². The van der Waals surface area contributed by atoms with E-state index in [0.29, 0.717) is 45.7 Å². The van der Waals surface area contributed by atoms with Crippen LogP contribution in [0.15, 0.2) is 6.07 Å². The summed E-state index contributed by atoms with van der Waals surface area (Å²) in [6.07, 6.45) is 3.61. The maximum Gasteiger partial charge on any atom is 0.282 e. The van der Waals surface area contributed by atoms with Crippen molar-refractivity contribution in [2.45, 2.75) is 52.5 Å². The van der Waals surface area contributed by atoms with E-state index >= 15 is 0 Å². The van der Waals surface area contributed by atoms with Crippen LogP contribution in [0.25, 0.3) is 0 Å². The Kier molecular flexibility index (Phi) is 6.22. The van der Waals surface area contributed by atoms with Gasteiger partial charge in [-0.3, -0.25) is 9.48 Å². The van der Waals surface area contributed by atoms with Crippen LogP contribution in [0.2, 0.25) is 0 Å². The summed E-state index contributed by atoms with van der Waals surface area (Å²) in [7, 11) is -3.40. The van der Waals surface area contributed by atoms with E-state index in [1.807, 2.05) is 26.8 Å². The van der Waals surface area contributed by atoms with Crippen molar-refractivity contribution in [3.63, 3.8) is 0 Å². The lowest BCUT2D eigenvalue weighted by atomic mass is 10.1. The first-order valence-corrected chi connectivity index (χ1v) is 11.3. The van der Waals surface area contributed by atoms with Crippen molar-refractivity contribution in [2.75, 3.05) is 39.3 Å². The summed E-state index contributed by atoms with van der Waals surface area (Å²) in [5.74, 6) is 0.0266. The molecule has 1 aromatic heterocycles. The van der Waals surface area contributed by atoms with Crippen molar-refractivity contribution >= 4 is 16.1 Å². The molecule has 2 fully saturated rings. The van der Waals surface area contributed by atoms with Crippen LogP contribution in [0.1, 0.15) is 50.0 Å². The third-order valence-electron chi connectivity index (χ3n) is 5.53. The number of piperazine rings is 1. The zero-order valence-corrected chi connectivity index (χ0v) is 17.4. The summed E-state index contributed by atoms with van der Waals surface area (Å²) in [5, 5.41) is 4.47. The maximum atomic E-state index is 13.0. The van der Waals surface area contributed by atoms with Gasteiger partial charge >= 0.3 is 0 Å². The van der Waals surface area contributed by atoms with E-state index in [4.69, 9.17) is 0 Å². The molecule has 27 heavy (non-hydrogen) atoms. The highest BCUT2D eigenvalue weighted by atomic mass is 32.2. The summed E-state index contributed by atoms with van der Waals surface area (Å²) in [6, 6.07) is 1.64. The van der Waals surface area contributed by atoms with Crippen LogP contribution in [-0.2, 0) is 15.0 Å². The molecule has 9 heteroatoms. The number of piperidine rings is 1. The molecule has 0 aliphatic carbocycles. The number of amides is 1. The molecule has 1 unspecified atom stereocenters. The molecule has 3 heterocycles. The Hall–Kier alpha value is -1.45. The zero-order valence-electron chi connectivity index (χ0n) is 16.6. The van der Waals surface area contributed by atoms with Gasteiger partial charge in [-0.2, -0.15) is 22.1 Å². The van der Waals surface area contributed by atoms with Crippen molar-refractivity contribution in [1.29, 1.82) is 0 Å². The molecule has 0 bridgehead atoms. The van der Waals surface area contributed by atoms with E-state index in [1.165, 1.54) is 4.31 Å². The van der Waals surface area contributed by atoms with Crippen molar-refractivity contribution in [3.8, 4) is 0 Å². The SMILES string of the molecule is CCC(C(=O)N1CCN(S(=O)(=O)N2CCCCC2)CC1)n1nc(C)cc1C. The van der Waals surface area contributed by atoms with Crippen LogP contribution in [0.4, 0.5) is 0 Å². The lowest BCUT2D eigenvalue weighted by Crippen LogP contribution is -2.55. The first kappa shape index (κ1) is 20.3. The molecule has 0 saturated carbocycles. The minimum absolute atomic E-state index is 0.0266. The molecule has 2 saturated heterocycles. The number of hydrogen-bond acceptors (Lipinski definition) is 4. The third kappa shape index (κ3) is 4.20. The second-order valence-electron chi connectivity index (χ2n) is 7.49. The average Bonchev–Trinajstić information content (AvgIpc) is 3.01. The van der Waals surface area contributed by atoms with Crippen molar-refractivity contribution in [2.24, 2.45) is 0 Å². The van der Waals surface area contributed by atoms with Crippen molar-refractivity contribution < 1.29 is 13.2 Å². The summed E-state index contributed by atoms with van der Waals surface area (Å²) in [5.41, 5.74) is 1.87. The molecule has 1 aromatic rings. The second kappa shape index (κ2) is 8.28. The fourth-order valence-electron chi connectivity index (χ4n) is 4.02. The molecular formula is C18H31N5O3S. The topological polar surface area (TPSA) is 78.8 Å². The zero-order chi connectivity index (χ0) is 19.6. The van der Waals surface area contributed by atoms with Gasteiger partial charge in [0.1, 0.15) is 6.04 Å². The Labute approximate surface area is 162 Å². The van der Waals surface area contributed by atoms with Crippen LogP contribution < -0.4 is 0 Å². The van der Waals surface area contributed by atoms with Crippen molar-refractivity contribution in [3.05, 3.63) is 17.5 Å². The van der Waals surface area contributed by atoms with Crippen LogP contribution in [0.5, 0.6) is 0 Å². The van der Waals surface area contributed by atoms with Crippen LogP contribution >= 0.6 is 0 Å². The predicted octanol–water partition coefficient (Wildman–Crippen LogP) is 1.33. The molecule has 152 valence electrons. The molecule has 1 amide bonds. The van der Waals surface area contributed by atoms with Gasteiger partial charge in [-0.15, -0.1) is 0 Å². The molecule has 1 atom stereocenters. The highest BCUT2D eigenvalue weighted by Gasteiger charge is 2.35. The van der Waals surface area contributed by atoms with E-state index < -0.39 is 10.2 Å². The first-order chi connectivity index (χ1) is 12.8. The number of hydrogen-bond donors (Lipinski definition) is 0. The molecule has 8 nitrogen and oxygen atoms in total. The number of aryl methyl sites for hydroxylation is 2. The summed E-state index contributed by atoms with van der Waals surface area (Å²) in [4.78, 5) is 14.8. The second-order valence-corrected chi connectivity index (χ2v) is 9.42. The molecule has 0 spiro atoms. The summed E-state index contributed by atoms with van der Waals surface area (Å²) >= 11 is 0. The van der Waals surface area contributed by atoms with E-state index in [0.717, 1.165) is 30.7 Å². The van der Waals surface area contributed by atoms with E-state index in [2.05, 4.69) is 5.10 Å². The Morgan fingerprint density at radius 1 is 1.04 bits per heavy atom. The normalized spacial score (nSPS) is 21.4. The fraction of sp³-hybridized carbons (Fsp3) is 0.778. The Morgan fingerprint density at radius 2 is 1.63 bits per heavy atom. The van der Waals surface area contributed by atoms with Gasteiger partial charge in [0.2, 0.25) is 5.91 Å².